The van der Waals surface area contributed by atoms with Crippen LogP contribution in [0.3, 0.4) is 0 Å². The minimum Gasteiger partial charge on any atom is -0.465 e. The number of ether oxygens (including phenoxy) is 1. The van der Waals surface area contributed by atoms with Crippen molar-refractivity contribution in [2.45, 2.75) is 0 Å². The maximum Gasteiger partial charge on any atom is 0.337 e. The van der Waals surface area contributed by atoms with Gasteiger partial charge in [0.2, 0.25) is 5.95 Å². The second kappa shape index (κ2) is 7.44. The van der Waals surface area contributed by atoms with Gasteiger partial charge in [0, 0.05) is 17.6 Å². The minimum absolute atomic E-state index is 0.371. The van der Waals surface area contributed by atoms with Gasteiger partial charge in [-0.25, -0.2) is 9.78 Å². The average Bonchev–Trinajstić information content (AvgIpc) is 2.66. The van der Waals surface area contributed by atoms with E-state index in [1.165, 1.54) is 7.11 Å². The zero-order valence-electron chi connectivity index (χ0n) is 13.8. The van der Waals surface area contributed by atoms with E-state index in [0.29, 0.717) is 18.1 Å². The van der Waals surface area contributed by atoms with Crippen LogP contribution >= 0.6 is 0 Å². The van der Waals surface area contributed by atoms with E-state index in [1.54, 1.807) is 30.3 Å². The first-order chi connectivity index (χ1) is 12.2. The summed E-state index contributed by atoms with van der Waals surface area (Å²) in [5, 5.41) is 7.32. The molecule has 0 fully saturated rings. The highest BCUT2D eigenvalue weighted by atomic mass is 16.5. The summed E-state index contributed by atoms with van der Waals surface area (Å²) in [6.07, 6.45) is 1.77. The van der Waals surface area contributed by atoms with E-state index in [0.717, 1.165) is 22.4 Å². The largest absolute Gasteiger partial charge is 0.465 e. The summed E-state index contributed by atoms with van der Waals surface area (Å²) in [6, 6.07) is 14.7. The van der Waals surface area contributed by atoms with Crippen LogP contribution in [0.15, 0.2) is 61.2 Å². The predicted molar refractivity (Wildman–Crippen MR) is 99.3 cm³/mol. The van der Waals surface area contributed by atoms with Crippen LogP contribution in [-0.4, -0.2) is 29.6 Å². The lowest BCUT2D eigenvalue weighted by Gasteiger charge is -2.11. The molecule has 2 aromatic carbocycles. The third-order valence-electron chi connectivity index (χ3n) is 3.58. The fourth-order valence-corrected chi connectivity index (χ4v) is 2.37. The summed E-state index contributed by atoms with van der Waals surface area (Å²) in [6.45, 7) is 4.32. The standard InChI is InChI=1S/C19H18N4O2/c1-3-12-20-17-15-6-4-5-7-16(15)22-19(23-17)21-14-10-8-13(9-11-14)18(24)25-2/h3-11H,1,12H2,2H3,(H2,20,21,22,23). The molecule has 2 N–H and O–H groups in total. The van der Waals surface area contributed by atoms with Crippen molar-refractivity contribution in [3.8, 4) is 0 Å². The van der Waals surface area contributed by atoms with Crippen LogP contribution in [0.25, 0.3) is 10.9 Å². The van der Waals surface area contributed by atoms with E-state index in [4.69, 9.17) is 4.74 Å². The zero-order chi connectivity index (χ0) is 17.6. The highest BCUT2D eigenvalue weighted by Gasteiger charge is 2.08. The molecule has 0 spiro atoms. The molecule has 0 saturated carbocycles. The van der Waals surface area contributed by atoms with Gasteiger partial charge in [-0.15, -0.1) is 6.58 Å². The van der Waals surface area contributed by atoms with Crippen molar-refractivity contribution >= 4 is 34.3 Å². The molecule has 0 radical (unpaired) electrons. The molecule has 0 unspecified atom stereocenters. The molecule has 126 valence electrons. The van der Waals surface area contributed by atoms with Crippen LogP contribution in [0.4, 0.5) is 17.5 Å². The van der Waals surface area contributed by atoms with Gasteiger partial charge < -0.3 is 15.4 Å². The second-order valence-electron chi connectivity index (χ2n) is 5.28. The van der Waals surface area contributed by atoms with Crippen LogP contribution in [-0.2, 0) is 4.74 Å². The van der Waals surface area contributed by atoms with Gasteiger partial charge in [0.1, 0.15) is 5.82 Å². The van der Waals surface area contributed by atoms with Crippen molar-refractivity contribution in [1.29, 1.82) is 0 Å². The Balaban J connectivity index is 1.90. The summed E-state index contributed by atoms with van der Waals surface area (Å²) in [4.78, 5) is 20.6. The number of esters is 1. The Morgan fingerprint density at radius 2 is 1.92 bits per heavy atom. The van der Waals surface area contributed by atoms with Gasteiger partial charge in [-0.1, -0.05) is 18.2 Å². The van der Waals surface area contributed by atoms with Crippen LogP contribution < -0.4 is 10.6 Å². The third kappa shape index (κ3) is 3.74. The molecular weight excluding hydrogens is 316 g/mol. The van der Waals surface area contributed by atoms with Gasteiger partial charge in [0.05, 0.1) is 18.2 Å². The number of anilines is 3. The molecule has 0 atom stereocenters. The lowest BCUT2D eigenvalue weighted by molar-refractivity contribution is 0.0601. The van der Waals surface area contributed by atoms with Gasteiger partial charge in [-0.2, -0.15) is 4.98 Å². The second-order valence-corrected chi connectivity index (χ2v) is 5.28. The monoisotopic (exact) mass is 334 g/mol. The zero-order valence-corrected chi connectivity index (χ0v) is 13.8. The number of hydrogen-bond donors (Lipinski definition) is 2. The number of hydrogen-bond acceptors (Lipinski definition) is 6. The molecule has 0 aliphatic carbocycles. The third-order valence-corrected chi connectivity index (χ3v) is 3.58. The molecular formula is C19H18N4O2. The Morgan fingerprint density at radius 3 is 2.64 bits per heavy atom. The Morgan fingerprint density at radius 1 is 1.16 bits per heavy atom. The highest BCUT2D eigenvalue weighted by molar-refractivity contribution is 5.91. The van der Waals surface area contributed by atoms with Gasteiger partial charge in [0.25, 0.3) is 0 Å². The fraction of sp³-hybridized carbons (Fsp3) is 0.105. The maximum atomic E-state index is 11.5. The van der Waals surface area contributed by atoms with Crippen LogP contribution in [0.1, 0.15) is 10.4 Å². The molecule has 1 heterocycles. The van der Waals surface area contributed by atoms with E-state index in [-0.39, 0.29) is 5.97 Å². The number of nitrogens with zero attached hydrogens (tertiary/aromatic N) is 2. The number of nitrogens with one attached hydrogen (secondary N) is 2. The first kappa shape index (κ1) is 16.4. The van der Waals surface area contributed by atoms with E-state index < -0.39 is 0 Å². The Labute approximate surface area is 145 Å². The molecule has 1 aromatic heterocycles. The maximum absolute atomic E-state index is 11.5. The van der Waals surface area contributed by atoms with Crippen molar-refractivity contribution in [1.82, 2.24) is 9.97 Å². The van der Waals surface area contributed by atoms with Crippen LogP contribution in [0.5, 0.6) is 0 Å². The number of carbonyl (C=O) groups excluding carboxylic acids is 1. The Kier molecular flexibility index (Phi) is 4.89. The normalized spacial score (nSPS) is 10.3. The van der Waals surface area contributed by atoms with Crippen molar-refractivity contribution in [2.24, 2.45) is 0 Å². The molecule has 0 saturated heterocycles. The van der Waals surface area contributed by atoms with Crippen LogP contribution in [0, 0.1) is 0 Å². The van der Waals surface area contributed by atoms with Gasteiger partial charge in [0.15, 0.2) is 0 Å². The van der Waals surface area contributed by atoms with E-state index in [1.807, 2.05) is 24.3 Å². The quantitative estimate of drug-likeness (QED) is 0.528. The number of benzene rings is 2. The average molecular weight is 334 g/mol. The smallest absolute Gasteiger partial charge is 0.337 e. The Hall–Kier alpha value is -3.41. The van der Waals surface area contributed by atoms with Crippen molar-refractivity contribution in [3.05, 3.63) is 66.7 Å². The molecule has 3 rings (SSSR count). The summed E-state index contributed by atoms with van der Waals surface area (Å²) < 4.78 is 4.70. The topological polar surface area (TPSA) is 76.1 Å². The number of aromatic nitrogens is 2. The van der Waals surface area contributed by atoms with Crippen molar-refractivity contribution < 1.29 is 9.53 Å². The van der Waals surface area contributed by atoms with E-state index in [2.05, 4.69) is 27.2 Å². The van der Waals surface area contributed by atoms with Gasteiger partial charge >= 0.3 is 5.97 Å². The summed E-state index contributed by atoms with van der Waals surface area (Å²) in [7, 11) is 1.36. The molecule has 3 aromatic rings. The van der Waals surface area contributed by atoms with Gasteiger partial charge in [-0.05, 0) is 36.4 Å². The number of para-hydroxylation sites is 1. The van der Waals surface area contributed by atoms with E-state index in [9.17, 15) is 4.79 Å². The summed E-state index contributed by atoms with van der Waals surface area (Å²) >= 11 is 0. The molecule has 0 aliphatic rings. The lowest BCUT2D eigenvalue weighted by atomic mass is 10.2. The van der Waals surface area contributed by atoms with Crippen molar-refractivity contribution in [2.75, 3.05) is 24.3 Å². The molecule has 6 heteroatoms. The molecule has 0 amide bonds. The predicted octanol–water partition coefficient (Wildman–Crippen LogP) is 3.76. The molecule has 25 heavy (non-hydrogen) atoms. The summed E-state index contributed by atoms with van der Waals surface area (Å²) in [5.41, 5.74) is 2.09. The fourth-order valence-electron chi connectivity index (χ4n) is 2.37. The SMILES string of the molecule is C=CCNc1nc(Nc2ccc(C(=O)OC)cc2)nc2ccccc12. The first-order valence-corrected chi connectivity index (χ1v) is 7.78. The Bertz CT molecular complexity index is 907. The number of methoxy groups -OCH3 is 1. The van der Waals surface area contributed by atoms with Gasteiger partial charge in [-0.3, -0.25) is 0 Å². The first-order valence-electron chi connectivity index (χ1n) is 7.78. The van der Waals surface area contributed by atoms with Crippen molar-refractivity contribution in [3.63, 3.8) is 0 Å². The number of rotatable bonds is 6. The number of fused-ring (bicyclic) bond motifs is 1. The molecule has 0 aliphatic heterocycles. The highest BCUT2D eigenvalue weighted by Crippen LogP contribution is 2.23. The summed E-state index contributed by atoms with van der Waals surface area (Å²) in [5.74, 6) is 0.833. The molecule has 6 nitrogen and oxygen atoms in total. The minimum atomic E-state index is -0.371. The lowest BCUT2D eigenvalue weighted by Crippen LogP contribution is -2.05. The van der Waals surface area contributed by atoms with E-state index >= 15 is 0 Å². The molecule has 0 bridgehead atoms. The van der Waals surface area contributed by atoms with Crippen LogP contribution in [0.2, 0.25) is 0 Å². The number of carbonyl (C=O) groups is 1.